The van der Waals surface area contributed by atoms with Crippen molar-refractivity contribution in [2.45, 2.75) is 32.2 Å². The number of piperidine rings is 1. The molecule has 1 aliphatic rings. The van der Waals surface area contributed by atoms with E-state index in [1.54, 1.807) is 6.92 Å². The van der Waals surface area contributed by atoms with Gasteiger partial charge < -0.3 is 15.8 Å². The van der Waals surface area contributed by atoms with Crippen molar-refractivity contribution in [1.29, 1.82) is 0 Å². The summed E-state index contributed by atoms with van der Waals surface area (Å²) in [5, 5.41) is 2.75. The van der Waals surface area contributed by atoms with E-state index in [-0.39, 0.29) is 18.3 Å². The number of ether oxygens (including phenoxy) is 1. The number of likely N-dealkylation sites (tertiary alicyclic amines) is 1. The van der Waals surface area contributed by atoms with Gasteiger partial charge in [-0.2, -0.15) is 0 Å². The van der Waals surface area contributed by atoms with Gasteiger partial charge in [-0.1, -0.05) is 6.42 Å². The van der Waals surface area contributed by atoms with Crippen molar-refractivity contribution >= 4 is 24.0 Å². The molecule has 1 saturated heterocycles. The molecule has 22 heavy (non-hydrogen) atoms. The fourth-order valence-corrected chi connectivity index (χ4v) is 2.37. The number of rotatable bonds is 6. The number of anilines is 1. The fourth-order valence-electron chi connectivity index (χ4n) is 2.37. The minimum Gasteiger partial charge on any atom is -0.492 e. The van der Waals surface area contributed by atoms with E-state index in [1.807, 2.05) is 24.3 Å². The molecular formula is C16H26ClN3O2. The molecule has 1 aliphatic heterocycles. The third-order valence-corrected chi connectivity index (χ3v) is 3.66. The molecule has 2 rings (SSSR count). The zero-order valence-corrected chi connectivity index (χ0v) is 13.9. The van der Waals surface area contributed by atoms with Crippen molar-refractivity contribution in [3.05, 3.63) is 24.3 Å². The Morgan fingerprint density at radius 2 is 1.91 bits per heavy atom. The average Bonchev–Trinajstić information content (AvgIpc) is 2.50. The Balaban J connectivity index is 0.00000242. The smallest absolute Gasteiger partial charge is 0.240 e. The summed E-state index contributed by atoms with van der Waals surface area (Å²) in [6.07, 6.45) is 3.95. The average molecular weight is 328 g/mol. The Morgan fingerprint density at radius 1 is 1.27 bits per heavy atom. The van der Waals surface area contributed by atoms with E-state index in [2.05, 4.69) is 10.2 Å². The number of amides is 1. The van der Waals surface area contributed by atoms with Crippen LogP contribution in [0.4, 0.5) is 5.69 Å². The quantitative estimate of drug-likeness (QED) is 0.841. The highest BCUT2D eigenvalue weighted by Gasteiger charge is 2.10. The Morgan fingerprint density at radius 3 is 2.50 bits per heavy atom. The van der Waals surface area contributed by atoms with Gasteiger partial charge in [-0.25, -0.2) is 0 Å². The van der Waals surface area contributed by atoms with Crippen LogP contribution in [0, 0.1) is 0 Å². The molecule has 124 valence electrons. The lowest BCUT2D eigenvalue weighted by molar-refractivity contribution is -0.117. The Hall–Kier alpha value is -1.30. The van der Waals surface area contributed by atoms with E-state index < -0.39 is 6.04 Å². The van der Waals surface area contributed by atoms with Crippen molar-refractivity contribution in [3.63, 3.8) is 0 Å². The molecule has 1 aromatic rings. The first-order valence-electron chi connectivity index (χ1n) is 7.67. The lowest BCUT2D eigenvalue weighted by Gasteiger charge is -2.26. The van der Waals surface area contributed by atoms with E-state index >= 15 is 0 Å². The minimum absolute atomic E-state index is 0. The van der Waals surface area contributed by atoms with Crippen molar-refractivity contribution in [2.75, 3.05) is 31.6 Å². The molecule has 5 nitrogen and oxygen atoms in total. The summed E-state index contributed by atoms with van der Waals surface area (Å²) >= 11 is 0. The first kappa shape index (κ1) is 18.7. The highest BCUT2D eigenvalue weighted by molar-refractivity contribution is 5.94. The minimum atomic E-state index is -0.509. The van der Waals surface area contributed by atoms with Gasteiger partial charge in [-0.3, -0.25) is 9.69 Å². The third-order valence-electron chi connectivity index (χ3n) is 3.66. The van der Waals surface area contributed by atoms with Crippen molar-refractivity contribution in [3.8, 4) is 5.75 Å². The van der Waals surface area contributed by atoms with Gasteiger partial charge in [-0.15, -0.1) is 12.4 Å². The van der Waals surface area contributed by atoms with Gasteiger partial charge in [0.05, 0.1) is 6.04 Å². The second-order valence-electron chi connectivity index (χ2n) is 5.55. The lowest BCUT2D eigenvalue weighted by Crippen LogP contribution is -2.33. The molecule has 1 unspecified atom stereocenters. The van der Waals surface area contributed by atoms with E-state index in [0.717, 1.165) is 18.0 Å². The topological polar surface area (TPSA) is 67.6 Å². The van der Waals surface area contributed by atoms with Crippen molar-refractivity contribution in [1.82, 2.24) is 4.90 Å². The van der Waals surface area contributed by atoms with Crippen molar-refractivity contribution in [2.24, 2.45) is 5.73 Å². The van der Waals surface area contributed by atoms with Gasteiger partial charge in [0.2, 0.25) is 5.91 Å². The van der Waals surface area contributed by atoms with Crippen LogP contribution in [0.15, 0.2) is 24.3 Å². The number of carbonyl (C=O) groups excluding carboxylic acids is 1. The molecule has 0 radical (unpaired) electrons. The summed E-state index contributed by atoms with van der Waals surface area (Å²) in [6, 6.07) is 6.89. The molecule has 0 spiro atoms. The highest BCUT2D eigenvalue weighted by Crippen LogP contribution is 2.16. The van der Waals surface area contributed by atoms with Crippen LogP contribution < -0.4 is 15.8 Å². The van der Waals surface area contributed by atoms with Gasteiger partial charge in [0.1, 0.15) is 12.4 Å². The molecular weight excluding hydrogens is 302 g/mol. The summed E-state index contributed by atoms with van der Waals surface area (Å²) in [7, 11) is 0. The first-order chi connectivity index (χ1) is 10.1. The molecule has 1 atom stereocenters. The monoisotopic (exact) mass is 327 g/mol. The predicted molar refractivity (Wildman–Crippen MR) is 91.8 cm³/mol. The third kappa shape index (κ3) is 6.22. The summed E-state index contributed by atoms with van der Waals surface area (Å²) in [4.78, 5) is 13.9. The number of benzene rings is 1. The maximum Gasteiger partial charge on any atom is 0.240 e. The fraction of sp³-hybridized carbons (Fsp3) is 0.562. The molecule has 1 heterocycles. The number of carbonyl (C=O) groups is 1. The Labute approximate surface area is 138 Å². The van der Waals surface area contributed by atoms with Gasteiger partial charge >= 0.3 is 0 Å². The largest absolute Gasteiger partial charge is 0.492 e. The molecule has 3 N–H and O–H groups in total. The van der Waals surface area contributed by atoms with Gasteiger partial charge in [0.25, 0.3) is 0 Å². The van der Waals surface area contributed by atoms with Crippen LogP contribution in [0.2, 0.25) is 0 Å². The van der Waals surface area contributed by atoms with Crippen molar-refractivity contribution < 1.29 is 9.53 Å². The summed E-state index contributed by atoms with van der Waals surface area (Å²) in [6.45, 7) is 5.71. The summed E-state index contributed by atoms with van der Waals surface area (Å²) in [5.41, 5.74) is 6.25. The predicted octanol–water partition coefficient (Wildman–Crippen LogP) is 2.26. The SMILES string of the molecule is CC(N)C(=O)Nc1ccc(OCCN2CCCCC2)cc1.Cl. The van der Waals surface area contributed by atoms with Crippen LogP contribution in [0.25, 0.3) is 0 Å². The van der Waals surface area contributed by atoms with Gasteiger partial charge in [-0.05, 0) is 57.1 Å². The standard InChI is InChI=1S/C16H25N3O2.ClH/c1-13(17)16(20)18-14-5-7-15(8-6-14)21-12-11-19-9-3-2-4-10-19;/h5-8,13H,2-4,9-12,17H2,1H3,(H,18,20);1H. The molecule has 1 fully saturated rings. The number of hydrogen-bond acceptors (Lipinski definition) is 4. The zero-order valence-electron chi connectivity index (χ0n) is 13.1. The van der Waals surface area contributed by atoms with Gasteiger partial charge in [0, 0.05) is 12.2 Å². The van der Waals surface area contributed by atoms with Crippen LogP contribution >= 0.6 is 12.4 Å². The number of nitrogens with one attached hydrogen (secondary N) is 1. The molecule has 0 bridgehead atoms. The Bertz CT molecular complexity index is 445. The maximum atomic E-state index is 11.5. The number of hydrogen-bond donors (Lipinski definition) is 2. The summed E-state index contributed by atoms with van der Waals surface area (Å²) in [5.74, 6) is 0.638. The van der Waals surface area contributed by atoms with Crippen LogP contribution in [-0.2, 0) is 4.79 Å². The number of nitrogens with two attached hydrogens (primary N) is 1. The maximum absolute atomic E-state index is 11.5. The van der Waals surface area contributed by atoms with E-state index in [4.69, 9.17) is 10.5 Å². The lowest BCUT2D eigenvalue weighted by atomic mass is 10.1. The van der Waals surface area contributed by atoms with E-state index in [9.17, 15) is 4.79 Å². The second-order valence-corrected chi connectivity index (χ2v) is 5.55. The zero-order chi connectivity index (χ0) is 15.1. The van der Waals surface area contributed by atoms with E-state index in [0.29, 0.717) is 6.61 Å². The molecule has 0 aliphatic carbocycles. The Kier molecular flexibility index (Phi) is 8.24. The van der Waals surface area contributed by atoms with Crippen LogP contribution in [0.5, 0.6) is 5.75 Å². The highest BCUT2D eigenvalue weighted by atomic mass is 35.5. The van der Waals surface area contributed by atoms with Crippen LogP contribution in [0.1, 0.15) is 26.2 Å². The van der Waals surface area contributed by atoms with Crippen LogP contribution in [-0.4, -0.2) is 43.1 Å². The first-order valence-corrected chi connectivity index (χ1v) is 7.67. The summed E-state index contributed by atoms with van der Waals surface area (Å²) < 4.78 is 5.74. The molecule has 0 aromatic heterocycles. The number of halogens is 1. The molecule has 1 amide bonds. The molecule has 6 heteroatoms. The normalized spacial score (nSPS) is 16.5. The number of nitrogens with zero attached hydrogens (tertiary/aromatic N) is 1. The second kappa shape index (κ2) is 9.66. The van der Waals surface area contributed by atoms with E-state index in [1.165, 1.54) is 32.4 Å². The van der Waals surface area contributed by atoms with Crippen LogP contribution in [0.3, 0.4) is 0 Å². The molecule has 1 aromatic carbocycles. The molecule has 0 saturated carbocycles. The van der Waals surface area contributed by atoms with Gasteiger partial charge in [0.15, 0.2) is 0 Å².